The number of nitrogens with zero attached hydrogens (tertiary/aromatic N) is 2. The van der Waals surface area contributed by atoms with Crippen LogP contribution in [0.15, 0.2) is 35.8 Å². The molecule has 0 fully saturated rings. The third kappa shape index (κ3) is 3.04. The number of hydrogen-bond acceptors (Lipinski definition) is 3. The van der Waals surface area contributed by atoms with Crippen LogP contribution >= 0.6 is 11.3 Å². The summed E-state index contributed by atoms with van der Waals surface area (Å²) in [4.78, 5) is 16.3. The Bertz CT molecular complexity index is 787. The first-order chi connectivity index (χ1) is 10.7. The summed E-state index contributed by atoms with van der Waals surface area (Å²) in [5.41, 5.74) is 4.07. The highest BCUT2D eigenvalue weighted by atomic mass is 32.1. The highest BCUT2D eigenvalue weighted by molar-refractivity contribution is 7.15. The smallest absolute Gasteiger partial charge is 0.309 e. The van der Waals surface area contributed by atoms with Crippen molar-refractivity contribution >= 4 is 22.3 Å². The Kier molecular flexibility index (Phi) is 4.24. The summed E-state index contributed by atoms with van der Waals surface area (Å²) < 4.78 is 1.87. The highest BCUT2D eigenvalue weighted by Gasteiger charge is 2.11. The van der Waals surface area contributed by atoms with Gasteiger partial charge in [0.15, 0.2) is 4.96 Å². The van der Waals surface area contributed by atoms with Crippen LogP contribution in [0.25, 0.3) is 16.2 Å². The number of imidazole rings is 1. The van der Waals surface area contributed by atoms with E-state index in [2.05, 4.69) is 36.2 Å². The molecule has 22 heavy (non-hydrogen) atoms. The molecule has 0 spiro atoms. The first kappa shape index (κ1) is 14.8. The maximum Gasteiger partial charge on any atom is 0.309 e. The van der Waals surface area contributed by atoms with Gasteiger partial charge >= 0.3 is 5.97 Å². The Morgan fingerprint density at radius 2 is 2.09 bits per heavy atom. The average molecular weight is 314 g/mol. The van der Waals surface area contributed by atoms with Crippen molar-refractivity contribution in [2.24, 2.45) is 0 Å². The normalized spacial score (nSPS) is 11.1. The summed E-state index contributed by atoms with van der Waals surface area (Å²) in [6.45, 7) is 2.20. The first-order valence-electron chi connectivity index (χ1n) is 7.44. The van der Waals surface area contributed by atoms with Crippen molar-refractivity contribution in [1.82, 2.24) is 9.38 Å². The van der Waals surface area contributed by atoms with Crippen LogP contribution in [0.4, 0.5) is 0 Å². The number of benzene rings is 1. The van der Waals surface area contributed by atoms with Crippen LogP contribution in [0.5, 0.6) is 0 Å². The molecule has 2 heterocycles. The molecule has 0 aliphatic carbocycles. The van der Waals surface area contributed by atoms with E-state index >= 15 is 0 Å². The molecular weight excluding hydrogens is 296 g/mol. The molecule has 3 aromatic rings. The van der Waals surface area contributed by atoms with Gasteiger partial charge in [0, 0.05) is 22.8 Å². The van der Waals surface area contributed by atoms with Gasteiger partial charge in [-0.25, -0.2) is 4.98 Å². The van der Waals surface area contributed by atoms with E-state index in [1.54, 1.807) is 0 Å². The summed E-state index contributed by atoms with van der Waals surface area (Å²) >= 11 is 1.47. The summed E-state index contributed by atoms with van der Waals surface area (Å²) in [7, 11) is 0. The van der Waals surface area contributed by atoms with Gasteiger partial charge in [0.25, 0.3) is 0 Å². The molecule has 0 aliphatic heterocycles. The lowest BCUT2D eigenvalue weighted by Gasteiger charge is -2.01. The molecule has 0 amide bonds. The van der Waals surface area contributed by atoms with E-state index in [-0.39, 0.29) is 6.42 Å². The molecule has 0 saturated carbocycles. The van der Waals surface area contributed by atoms with Crippen LogP contribution in [-0.2, 0) is 17.6 Å². The molecule has 4 nitrogen and oxygen atoms in total. The van der Waals surface area contributed by atoms with E-state index in [9.17, 15) is 4.79 Å². The molecule has 1 aromatic carbocycles. The number of unbranched alkanes of at least 4 members (excludes halogenated alkanes) is 1. The zero-order valence-electron chi connectivity index (χ0n) is 12.5. The summed E-state index contributed by atoms with van der Waals surface area (Å²) in [6.07, 6.45) is 5.46. The number of aryl methyl sites for hydroxylation is 1. The average Bonchev–Trinajstić information content (AvgIpc) is 3.07. The Balaban J connectivity index is 1.86. The van der Waals surface area contributed by atoms with Gasteiger partial charge in [-0.15, -0.1) is 11.3 Å². The predicted octanol–water partition coefficient (Wildman–Crippen LogP) is 4.03. The third-order valence-corrected chi connectivity index (χ3v) is 4.57. The lowest BCUT2D eigenvalue weighted by atomic mass is 10.1. The number of thiazole rings is 1. The topological polar surface area (TPSA) is 54.6 Å². The predicted molar refractivity (Wildman–Crippen MR) is 88.5 cm³/mol. The standard InChI is InChI=1S/C17H18N2O2S/c1-2-3-4-12-5-7-13(8-6-12)15-10-19-14(9-16(20)21)11-22-17(19)18-15/h5-8,10-11H,2-4,9H2,1H3,(H,20,21). The van der Waals surface area contributed by atoms with Crippen molar-refractivity contribution in [3.8, 4) is 11.3 Å². The van der Waals surface area contributed by atoms with Gasteiger partial charge in [0.05, 0.1) is 12.1 Å². The second kappa shape index (κ2) is 6.32. The number of carboxylic acids is 1. The Morgan fingerprint density at radius 1 is 1.32 bits per heavy atom. The molecular formula is C17H18N2O2S. The van der Waals surface area contributed by atoms with Crippen molar-refractivity contribution in [2.75, 3.05) is 0 Å². The van der Waals surface area contributed by atoms with Crippen LogP contribution in [0.3, 0.4) is 0 Å². The molecule has 0 atom stereocenters. The highest BCUT2D eigenvalue weighted by Crippen LogP contribution is 2.24. The fourth-order valence-corrected chi connectivity index (χ4v) is 3.35. The molecule has 1 N–H and O–H groups in total. The molecule has 2 aromatic heterocycles. The summed E-state index contributed by atoms with van der Waals surface area (Å²) in [5.74, 6) is -0.824. The number of rotatable bonds is 6. The minimum atomic E-state index is -0.824. The van der Waals surface area contributed by atoms with E-state index in [1.807, 2.05) is 16.0 Å². The van der Waals surface area contributed by atoms with Gasteiger partial charge < -0.3 is 5.11 Å². The lowest BCUT2D eigenvalue weighted by molar-refractivity contribution is -0.136. The van der Waals surface area contributed by atoms with Gasteiger partial charge in [0.1, 0.15) is 0 Å². The number of aliphatic carboxylic acids is 1. The quantitative estimate of drug-likeness (QED) is 0.747. The largest absolute Gasteiger partial charge is 0.481 e. The zero-order chi connectivity index (χ0) is 15.5. The molecule has 0 bridgehead atoms. The van der Waals surface area contributed by atoms with E-state index in [0.29, 0.717) is 0 Å². The third-order valence-electron chi connectivity index (χ3n) is 3.68. The number of carboxylic acid groups (broad SMARTS) is 1. The Hall–Kier alpha value is -2.14. The lowest BCUT2D eigenvalue weighted by Crippen LogP contribution is -2.02. The molecule has 0 saturated heterocycles. The summed E-state index contributed by atoms with van der Waals surface area (Å²) in [6, 6.07) is 8.48. The van der Waals surface area contributed by atoms with Gasteiger partial charge in [-0.05, 0) is 18.4 Å². The van der Waals surface area contributed by atoms with Crippen molar-refractivity contribution in [3.63, 3.8) is 0 Å². The van der Waals surface area contributed by atoms with E-state index in [0.717, 1.165) is 28.3 Å². The van der Waals surface area contributed by atoms with Crippen molar-refractivity contribution in [3.05, 3.63) is 47.1 Å². The number of aromatic nitrogens is 2. The van der Waals surface area contributed by atoms with Gasteiger partial charge in [-0.2, -0.15) is 0 Å². The number of fused-ring (bicyclic) bond motifs is 1. The fraction of sp³-hybridized carbons (Fsp3) is 0.294. The van der Waals surface area contributed by atoms with E-state index < -0.39 is 5.97 Å². The molecule has 5 heteroatoms. The number of hydrogen-bond donors (Lipinski definition) is 1. The SMILES string of the molecule is CCCCc1ccc(-c2cn3c(CC(=O)O)csc3n2)cc1. The molecule has 0 radical (unpaired) electrons. The monoisotopic (exact) mass is 314 g/mol. The second-order valence-electron chi connectivity index (χ2n) is 5.38. The zero-order valence-corrected chi connectivity index (χ0v) is 13.3. The van der Waals surface area contributed by atoms with Crippen molar-refractivity contribution in [1.29, 1.82) is 0 Å². The molecule has 114 valence electrons. The van der Waals surface area contributed by atoms with E-state index in [4.69, 9.17) is 5.11 Å². The van der Waals surface area contributed by atoms with Gasteiger partial charge in [0.2, 0.25) is 0 Å². The van der Waals surface area contributed by atoms with Crippen LogP contribution in [-0.4, -0.2) is 20.5 Å². The minimum absolute atomic E-state index is 0.0196. The van der Waals surface area contributed by atoms with Crippen LogP contribution in [0, 0.1) is 0 Å². The van der Waals surface area contributed by atoms with Crippen LogP contribution in [0.1, 0.15) is 31.0 Å². The van der Waals surface area contributed by atoms with E-state index in [1.165, 1.54) is 29.7 Å². The maximum absolute atomic E-state index is 10.9. The van der Waals surface area contributed by atoms with Gasteiger partial charge in [-0.1, -0.05) is 37.6 Å². The van der Waals surface area contributed by atoms with Crippen LogP contribution in [0.2, 0.25) is 0 Å². The number of carbonyl (C=O) groups is 1. The molecule has 3 rings (SSSR count). The Morgan fingerprint density at radius 3 is 2.77 bits per heavy atom. The molecule has 0 aliphatic rings. The van der Waals surface area contributed by atoms with Crippen LogP contribution < -0.4 is 0 Å². The molecule has 0 unspecified atom stereocenters. The first-order valence-corrected chi connectivity index (χ1v) is 8.32. The minimum Gasteiger partial charge on any atom is -0.481 e. The fourth-order valence-electron chi connectivity index (χ4n) is 2.47. The maximum atomic E-state index is 10.9. The second-order valence-corrected chi connectivity index (χ2v) is 6.21. The summed E-state index contributed by atoms with van der Waals surface area (Å²) in [5, 5.41) is 10.8. The van der Waals surface area contributed by atoms with Crippen molar-refractivity contribution in [2.45, 2.75) is 32.6 Å². The Labute approximate surface area is 133 Å². The van der Waals surface area contributed by atoms with Gasteiger partial charge in [-0.3, -0.25) is 9.20 Å². The van der Waals surface area contributed by atoms with Crippen molar-refractivity contribution < 1.29 is 9.90 Å².